The smallest absolute Gasteiger partial charge is 0.417 e. The molecule has 1 saturated carbocycles. The van der Waals surface area contributed by atoms with E-state index in [-0.39, 0.29) is 18.5 Å². The number of amides is 1. The van der Waals surface area contributed by atoms with Gasteiger partial charge in [-0.15, -0.1) is 0 Å². The van der Waals surface area contributed by atoms with Gasteiger partial charge in [0.1, 0.15) is 11.2 Å². The highest BCUT2D eigenvalue weighted by atomic mass is 19.4. The standard InChI is InChI=1S/C15H17F3N2O3/c1-9-4-6-14(7-5-9,13(22)23)20-12(21)11-3-2-10(8-19-11)15(16,17)18/h2-3,8-9H,4-7H2,1H3,(H,20,21)(H,22,23). The van der Waals surface area contributed by atoms with Crippen LogP contribution in [0.25, 0.3) is 0 Å². The number of carbonyl (C=O) groups is 2. The summed E-state index contributed by atoms with van der Waals surface area (Å²) >= 11 is 0. The van der Waals surface area contributed by atoms with E-state index in [1.807, 2.05) is 6.92 Å². The molecule has 0 aromatic carbocycles. The molecular weight excluding hydrogens is 313 g/mol. The van der Waals surface area contributed by atoms with E-state index in [4.69, 9.17) is 0 Å². The molecule has 1 aromatic rings. The van der Waals surface area contributed by atoms with Crippen LogP contribution in [0.2, 0.25) is 0 Å². The predicted octanol–water partition coefficient (Wildman–Crippen LogP) is 2.86. The Morgan fingerprint density at radius 1 is 1.30 bits per heavy atom. The van der Waals surface area contributed by atoms with Gasteiger partial charge >= 0.3 is 12.1 Å². The second-order valence-electron chi connectivity index (χ2n) is 5.95. The normalized spacial score (nSPS) is 25.0. The van der Waals surface area contributed by atoms with Crippen molar-refractivity contribution >= 4 is 11.9 Å². The van der Waals surface area contributed by atoms with Gasteiger partial charge in [-0.1, -0.05) is 6.92 Å². The number of carbonyl (C=O) groups excluding carboxylic acids is 1. The van der Waals surface area contributed by atoms with Crippen molar-refractivity contribution in [3.63, 3.8) is 0 Å². The summed E-state index contributed by atoms with van der Waals surface area (Å²) in [5, 5.41) is 11.9. The van der Waals surface area contributed by atoms with Crippen molar-refractivity contribution in [1.29, 1.82) is 0 Å². The van der Waals surface area contributed by atoms with E-state index >= 15 is 0 Å². The lowest BCUT2D eigenvalue weighted by molar-refractivity contribution is -0.146. The van der Waals surface area contributed by atoms with Gasteiger partial charge in [0.2, 0.25) is 0 Å². The summed E-state index contributed by atoms with van der Waals surface area (Å²) in [6.07, 6.45) is -2.08. The fourth-order valence-corrected chi connectivity index (χ4v) is 2.62. The van der Waals surface area contributed by atoms with Crippen molar-refractivity contribution in [2.24, 2.45) is 5.92 Å². The Hall–Kier alpha value is -2.12. The molecule has 0 radical (unpaired) electrons. The van der Waals surface area contributed by atoms with Gasteiger partial charge in [-0.3, -0.25) is 9.78 Å². The number of carboxylic acid groups (broad SMARTS) is 1. The molecular formula is C15H17F3N2O3. The van der Waals surface area contributed by atoms with Gasteiger partial charge < -0.3 is 10.4 Å². The molecule has 2 rings (SSSR count). The van der Waals surface area contributed by atoms with Gasteiger partial charge in [-0.05, 0) is 43.7 Å². The third kappa shape index (κ3) is 3.80. The molecule has 1 aliphatic rings. The van der Waals surface area contributed by atoms with E-state index in [1.54, 1.807) is 0 Å². The van der Waals surface area contributed by atoms with E-state index in [1.165, 1.54) is 0 Å². The molecule has 1 amide bonds. The van der Waals surface area contributed by atoms with Crippen LogP contribution in [0.5, 0.6) is 0 Å². The fraction of sp³-hybridized carbons (Fsp3) is 0.533. The number of hydrogen-bond donors (Lipinski definition) is 2. The van der Waals surface area contributed by atoms with Gasteiger partial charge in [-0.25, -0.2) is 4.79 Å². The van der Waals surface area contributed by atoms with Crippen LogP contribution >= 0.6 is 0 Å². The number of hydrogen-bond acceptors (Lipinski definition) is 3. The van der Waals surface area contributed by atoms with E-state index in [0.29, 0.717) is 25.0 Å². The van der Waals surface area contributed by atoms with Gasteiger partial charge in [0.05, 0.1) is 5.56 Å². The monoisotopic (exact) mass is 330 g/mol. The van der Waals surface area contributed by atoms with Crippen molar-refractivity contribution in [3.05, 3.63) is 29.6 Å². The first-order valence-electron chi connectivity index (χ1n) is 7.23. The Balaban J connectivity index is 2.15. The van der Waals surface area contributed by atoms with Crippen LogP contribution in [0.15, 0.2) is 18.3 Å². The molecule has 0 unspecified atom stereocenters. The van der Waals surface area contributed by atoms with Gasteiger partial charge in [0, 0.05) is 6.20 Å². The highest BCUT2D eigenvalue weighted by Gasteiger charge is 2.42. The van der Waals surface area contributed by atoms with Crippen LogP contribution in [0.1, 0.15) is 48.7 Å². The predicted molar refractivity (Wildman–Crippen MR) is 74.7 cm³/mol. The van der Waals surface area contributed by atoms with Crippen LogP contribution in [0, 0.1) is 5.92 Å². The Labute approximate surface area is 130 Å². The molecule has 1 aliphatic carbocycles. The van der Waals surface area contributed by atoms with Crippen molar-refractivity contribution in [2.75, 3.05) is 0 Å². The summed E-state index contributed by atoms with van der Waals surface area (Å²) in [5.41, 5.74) is -2.58. The summed E-state index contributed by atoms with van der Waals surface area (Å²) in [6, 6.07) is 1.69. The van der Waals surface area contributed by atoms with Crippen LogP contribution in [0.3, 0.4) is 0 Å². The number of halogens is 3. The summed E-state index contributed by atoms with van der Waals surface area (Å²) in [4.78, 5) is 27.2. The maximum atomic E-state index is 12.5. The number of rotatable bonds is 3. The minimum Gasteiger partial charge on any atom is -0.480 e. The third-order valence-electron chi connectivity index (χ3n) is 4.21. The summed E-state index contributed by atoms with van der Waals surface area (Å²) in [6.45, 7) is 2.00. The van der Waals surface area contributed by atoms with Gasteiger partial charge in [0.15, 0.2) is 0 Å². The fourth-order valence-electron chi connectivity index (χ4n) is 2.62. The minimum atomic E-state index is -4.54. The molecule has 0 spiro atoms. The number of carboxylic acids is 1. The number of nitrogens with one attached hydrogen (secondary N) is 1. The van der Waals surface area contributed by atoms with E-state index in [0.717, 1.165) is 12.1 Å². The molecule has 0 saturated heterocycles. The van der Waals surface area contributed by atoms with Crippen LogP contribution < -0.4 is 5.32 Å². The van der Waals surface area contributed by atoms with E-state index < -0.39 is 29.2 Å². The maximum Gasteiger partial charge on any atom is 0.417 e. The second kappa shape index (κ2) is 6.17. The largest absolute Gasteiger partial charge is 0.480 e. The quantitative estimate of drug-likeness (QED) is 0.893. The van der Waals surface area contributed by atoms with Crippen molar-refractivity contribution in [1.82, 2.24) is 10.3 Å². The van der Waals surface area contributed by atoms with Gasteiger partial charge in [0.25, 0.3) is 5.91 Å². The second-order valence-corrected chi connectivity index (χ2v) is 5.95. The molecule has 2 N–H and O–H groups in total. The number of nitrogens with zero attached hydrogens (tertiary/aromatic N) is 1. The Morgan fingerprint density at radius 3 is 2.35 bits per heavy atom. The van der Waals surface area contributed by atoms with Crippen LogP contribution in [-0.4, -0.2) is 27.5 Å². The van der Waals surface area contributed by atoms with E-state index in [2.05, 4.69) is 10.3 Å². The average molecular weight is 330 g/mol. The third-order valence-corrected chi connectivity index (χ3v) is 4.21. The Morgan fingerprint density at radius 2 is 1.91 bits per heavy atom. The molecule has 0 atom stereocenters. The summed E-state index contributed by atoms with van der Waals surface area (Å²) in [7, 11) is 0. The number of alkyl halides is 3. The zero-order chi connectivity index (χ0) is 17.3. The molecule has 8 heteroatoms. The summed E-state index contributed by atoms with van der Waals surface area (Å²) < 4.78 is 37.4. The first-order chi connectivity index (χ1) is 10.6. The van der Waals surface area contributed by atoms with E-state index in [9.17, 15) is 27.9 Å². The maximum absolute atomic E-state index is 12.5. The zero-order valence-corrected chi connectivity index (χ0v) is 12.5. The van der Waals surface area contributed by atoms with Crippen molar-refractivity contribution in [3.8, 4) is 0 Å². The number of aromatic nitrogens is 1. The SMILES string of the molecule is CC1CCC(NC(=O)c2ccc(C(F)(F)F)cn2)(C(=O)O)CC1. The highest BCUT2D eigenvalue weighted by Crippen LogP contribution is 2.32. The van der Waals surface area contributed by atoms with Crippen molar-refractivity contribution in [2.45, 2.75) is 44.3 Å². The first kappa shape index (κ1) is 17.2. The van der Waals surface area contributed by atoms with Gasteiger partial charge in [-0.2, -0.15) is 13.2 Å². The first-order valence-corrected chi connectivity index (χ1v) is 7.23. The van der Waals surface area contributed by atoms with Crippen LogP contribution in [-0.2, 0) is 11.0 Å². The molecule has 1 aromatic heterocycles. The number of pyridine rings is 1. The highest BCUT2D eigenvalue weighted by molar-refractivity contribution is 5.96. The molecule has 126 valence electrons. The topological polar surface area (TPSA) is 79.3 Å². The van der Waals surface area contributed by atoms with Crippen molar-refractivity contribution < 1.29 is 27.9 Å². The molecule has 1 heterocycles. The lowest BCUT2D eigenvalue weighted by Crippen LogP contribution is -2.56. The lowest BCUT2D eigenvalue weighted by Gasteiger charge is -2.36. The molecule has 0 bridgehead atoms. The van der Waals surface area contributed by atoms with Crippen LogP contribution in [0.4, 0.5) is 13.2 Å². The lowest BCUT2D eigenvalue weighted by atomic mass is 9.77. The summed E-state index contributed by atoms with van der Waals surface area (Å²) in [5.74, 6) is -1.54. The molecule has 1 fully saturated rings. The minimum absolute atomic E-state index is 0.239. The number of aliphatic carboxylic acids is 1. The Kier molecular flexibility index (Phi) is 4.63. The molecule has 5 nitrogen and oxygen atoms in total. The molecule has 0 aliphatic heterocycles. The zero-order valence-electron chi connectivity index (χ0n) is 12.5. The average Bonchev–Trinajstić information content (AvgIpc) is 2.49. The Bertz CT molecular complexity index is 591. The molecule has 23 heavy (non-hydrogen) atoms.